The number of nitrogens with one attached hydrogen (secondary N) is 2. The van der Waals surface area contributed by atoms with E-state index in [1.54, 1.807) is 25.1 Å². The van der Waals surface area contributed by atoms with Gasteiger partial charge in [-0.15, -0.1) is 0 Å². The Hall–Kier alpha value is -3.10. The Kier molecular flexibility index (Phi) is 3.33. The molecule has 0 bridgehead atoms. The third-order valence-electron chi connectivity index (χ3n) is 3.77. The monoisotopic (exact) mass is 329 g/mol. The van der Waals surface area contributed by atoms with Crippen molar-refractivity contribution in [3.05, 3.63) is 24.0 Å². The molecule has 1 aromatic heterocycles. The third kappa shape index (κ3) is 2.53. The molecular weight excluding hydrogens is 314 g/mol. The van der Waals surface area contributed by atoms with Crippen molar-refractivity contribution in [1.29, 1.82) is 0 Å². The topological polar surface area (TPSA) is 107 Å². The van der Waals surface area contributed by atoms with Crippen LogP contribution in [0.1, 0.15) is 18.3 Å². The summed E-state index contributed by atoms with van der Waals surface area (Å²) < 4.78 is 12.4. The molecule has 2 aromatic rings. The number of hydrogen-bond donors (Lipinski definition) is 2. The summed E-state index contributed by atoms with van der Waals surface area (Å²) in [7, 11) is 0. The number of hydrogen-bond acceptors (Lipinski definition) is 6. The van der Waals surface area contributed by atoms with Gasteiger partial charge in [0.15, 0.2) is 11.5 Å². The van der Waals surface area contributed by atoms with Gasteiger partial charge in [0.2, 0.25) is 11.9 Å². The van der Waals surface area contributed by atoms with Crippen LogP contribution < -0.4 is 20.1 Å². The second-order valence-corrected chi connectivity index (χ2v) is 5.54. The summed E-state index contributed by atoms with van der Waals surface area (Å²) in [4.78, 5) is 28.3. The molecule has 0 radical (unpaired) electrons. The summed E-state index contributed by atoms with van der Waals surface area (Å²) >= 11 is 0. The normalized spacial score (nSPS) is 18.0. The van der Waals surface area contributed by atoms with Gasteiger partial charge in [-0.1, -0.05) is 0 Å². The number of nitrogens with zero attached hydrogens (tertiary/aromatic N) is 3. The summed E-state index contributed by atoms with van der Waals surface area (Å²) in [6.45, 7) is 2.71. The van der Waals surface area contributed by atoms with Crippen LogP contribution in [0.5, 0.6) is 11.5 Å². The second-order valence-electron chi connectivity index (χ2n) is 5.54. The molecule has 0 saturated carbocycles. The van der Waals surface area contributed by atoms with Crippen LogP contribution in [0.25, 0.3) is 0 Å². The van der Waals surface area contributed by atoms with Gasteiger partial charge in [0.05, 0.1) is 6.42 Å². The van der Waals surface area contributed by atoms with Crippen molar-refractivity contribution in [2.24, 2.45) is 0 Å². The maximum absolute atomic E-state index is 12.3. The van der Waals surface area contributed by atoms with E-state index in [0.29, 0.717) is 42.2 Å². The van der Waals surface area contributed by atoms with Crippen molar-refractivity contribution in [2.45, 2.75) is 19.4 Å². The van der Waals surface area contributed by atoms with E-state index in [0.717, 1.165) is 0 Å². The summed E-state index contributed by atoms with van der Waals surface area (Å²) in [5.74, 6) is 1.57. The average Bonchev–Trinajstić information content (AvgIpc) is 3.04. The molecule has 3 heterocycles. The van der Waals surface area contributed by atoms with Gasteiger partial charge in [0, 0.05) is 11.8 Å². The van der Waals surface area contributed by atoms with Gasteiger partial charge in [-0.3, -0.25) is 14.9 Å². The van der Waals surface area contributed by atoms with Gasteiger partial charge in [0.25, 0.3) is 5.91 Å². The van der Waals surface area contributed by atoms with E-state index >= 15 is 0 Å². The number of aryl methyl sites for hydroxylation is 1. The average molecular weight is 329 g/mol. The molecule has 0 saturated heterocycles. The van der Waals surface area contributed by atoms with Crippen molar-refractivity contribution in [1.82, 2.24) is 14.8 Å². The quantitative estimate of drug-likeness (QED) is 0.865. The highest BCUT2D eigenvalue weighted by Crippen LogP contribution is 2.33. The number of ether oxygens (including phenoxy) is 2. The molecule has 1 atom stereocenters. The molecule has 124 valence electrons. The van der Waals surface area contributed by atoms with E-state index in [2.05, 4.69) is 20.7 Å². The summed E-state index contributed by atoms with van der Waals surface area (Å²) in [5, 5.41) is 9.52. The van der Waals surface area contributed by atoms with E-state index in [1.807, 2.05) is 0 Å². The highest BCUT2D eigenvalue weighted by atomic mass is 16.6. The van der Waals surface area contributed by atoms with Gasteiger partial charge in [0.1, 0.15) is 25.1 Å². The first-order chi connectivity index (χ1) is 11.6. The second kappa shape index (κ2) is 5.52. The van der Waals surface area contributed by atoms with Crippen molar-refractivity contribution in [3.63, 3.8) is 0 Å². The van der Waals surface area contributed by atoms with E-state index < -0.39 is 6.04 Å². The maximum atomic E-state index is 12.3. The van der Waals surface area contributed by atoms with Crippen LogP contribution in [0, 0.1) is 6.92 Å². The molecular formula is C15H15N5O4. The lowest BCUT2D eigenvalue weighted by Gasteiger charge is -2.19. The molecule has 2 aliphatic heterocycles. The number of anilines is 2. The van der Waals surface area contributed by atoms with Crippen molar-refractivity contribution in [3.8, 4) is 11.5 Å². The number of amides is 2. The van der Waals surface area contributed by atoms with Gasteiger partial charge < -0.3 is 14.8 Å². The fourth-order valence-corrected chi connectivity index (χ4v) is 2.73. The zero-order valence-electron chi connectivity index (χ0n) is 12.9. The Morgan fingerprint density at radius 2 is 2.17 bits per heavy atom. The van der Waals surface area contributed by atoms with Crippen LogP contribution in [0.4, 0.5) is 11.6 Å². The molecule has 1 aromatic carbocycles. The van der Waals surface area contributed by atoms with Gasteiger partial charge in [-0.2, -0.15) is 10.1 Å². The van der Waals surface area contributed by atoms with E-state index in [-0.39, 0.29) is 18.2 Å². The minimum absolute atomic E-state index is 0.0317. The first kappa shape index (κ1) is 14.5. The summed E-state index contributed by atoms with van der Waals surface area (Å²) in [5.41, 5.74) is 0.581. The van der Waals surface area contributed by atoms with Crippen molar-refractivity contribution in [2.75, 3.05) is 23.8 Å². The van der Waals surface area contributed by atoms with E-state index in [1.165, 1.54) is 4.68 Å². The maximum Gasteiger partial charge on any atom is 0.252 e. The Morgan fingerprint density at radius 3 is 3.00 bits per heavy atom. The SMILES string of the molecule is Cc1nc2n(n1)C(CC(=O)Nc1ccc3c(c1)OCCO3)C(=O)N2. The Morgan fingerprint density at radius 1 is 1.38 bits per heavy atom. The van der Waals surface area contributed by atoms with Crippen molar-refractivity contribution >= 4 is 23.5 Å². The van der Waals surface area contributed by atoms with Gasteiger partial charge in [-0.25, -0.2) is 4.68 Å². The number of benzene rings is 1. The Balaban J connectivity index is 1.46. The minimum atomic E-state index is -0.696. The van der Waals surface area contributed by atoms with Crippen LogP contribution in [-0.4, -0.2) is 39.8 Å². The van der Waals surface area contributed by atoms with Crippen LogP contribution in [0.2, 0.25) is 0 Å². The highest BCUT2D eigenvalue weighted by Gasteiger charge is 2.34. The molecule has 9 nitrogen and oxygen atoms in total. The first-order valence-electron chi connectivity index (χ1n) is 7.53. The largest absolute Gasteiger partial charge is 0.486 e. The number of carbonyl (C=O) groups excluding carboxylic acids is 2. The van der Waals surface area contributed by atoms with Crippen LogP contribution in [-0.2, 0) is 9.59 Å². The molecule has 0 fully saturated rings. The Labute approximate surface area is 137 Å². The zero-order chi connectivity index (χ0) is 16.7. The number of rotatable bonds is 3. The summed E-state index contributed by atoms with van der Waals surface area (Å²) in [6, 6.07) is 4.47. The molecule has 24 heavy (non-hydrogen) atoms. The standard InChI is InChI=1S/C15H15N5O4/c1-8-16-15-18-14(22)10(20(15)19-8)7-13(21)17-9-2-3-11-12(6-9)24-5-4-23-11/h2-3,6,10H,4-5,7H2,1H3,(H,17,21)(H,16,18,19,22). The smallest absolute Gasteiger partial charge is 0.252 e. The number of fused-ring (bicyclic) bond motifs is 2. The Bertz CT molecular complexity index is 831. The predicted molar refractivity (Wildman–Crippen MR) is 83.1 cm³/mol. The molecule has 0 spiro atoms. The van der Waals surface area contributed by atoms with Gasteiger partial charge in [-0.05, 0) is 19.1 Å². The highest BCUT2D eigenvalue weighted by molar-refractivity contribution is 6.01. The molecule has 0 aliphatic carbocycles. The number of aromatic nitrogens is 3. The van der Waals surface area contributed by atoms with Crippen LogP contribution in [0.3, 0.4) is 0 Å². The van der Waals surface area contributed by atoms with Crippen LogP contribution >= 0.6 is 0 Å². The molecule has 1 unspecified atom stereocenters. The lowest BCUT2D eigenvalue weighted by Crippen LogP contribution is -2.24. The lowest BCUT2D eigenvalue weighted by molar-refractivity contribution is -0.123. The molecule has 2 amide bonds. The van der Waals surface area contributed by atoms with Gasteiger partial charge >= 0.3 is 0 Å². The van der Waals surface area contributed by atoms with Crippen molar-refractivity contribution < 1.29 is 19.1 Å². The van der Waals surface area contributed by atoms with E-state index in [9.17, 15) is 9.59 Å². The van der Waals surface area contributed by atoms with Crippen LogP contribution in [0.15, 0.2) is 18.2 Å². The fraction of sp³-hybridized carbons (Fsp3) is 0.333. The molecule has 2 N–H and O–H groups in total. The van der Waals surface area contributed by atoms with E-state index in [4.69, 9.17) is 9.47 Å². The number of carbonyl (C=O) groups is 2. The summed E-state index contributed by atoms with van der Waals surface area (Å²) in [6.07, 6.45) is -0.0317. The molecule has 4 rings (SSSR count). The molecule has 9 heteroatoms. The third-order valence-corrected chi connectivity index (χ3v) is 3.77. The molecule has 2 aliphatic rings. The fourth-order valence-electron chi connectivity index (χ4n) is 2.73. The first-order valence-corrected chi connectivity index (χ1v) is 7.53. The lowest BCUT2D eigenvalue weighted by atomic mass is 10.2. The predicted octanol–water partition coefficient (Wildman–Crippen LogP) is 0.880. The zero-order valence-corrected chi connectivity index (χ0v) is 12.9. The minimum Gasteiger partial charge on any atom is -0.486 e.